The summed E-state index contributed by atoms with van der Waals surface area (Å²) in [5, 5.41) is 3.50. The zero-order valence-electron chi connectivity index (χ0n) is 20.0. The fraction of sp³-hybridized carbons (Fsp3) is 0.500. The van der Waals surface area contributed by atoms with E-state index in [-0.39, 0.29) is 24.7 Å². The molecule has 1 aliphatic carbocycles. The fourth-order valence-electron chi connectivity index (χ4n) is 5.62. The van der Waals surface area contributed by atoms with Crippen molar-refractivity contribution in [2.45, 2.75) is 36.8 Å². The molecule has 7 nitrogen and oxygen atoms in total. The van der Waals surface area contributed by atoms with Crippen molar-refractivity contribution in [1.29, 1.82) is 0 Å². The first kappa shape index (κ1) is 23.8. The van der Waals surface area contributed by atoms with Crippen LogP contribution in [0.25, 0.3) is 0 Å². The molecule has 35 heavy (non-hydrogen) atoms. The molecule has 0 radical (unpaired) electrons. The summed E-state index contributed by atoms with van der Waals surface area (Å²) in [5.74, 6) is -2.66. The van der Waals surface area contributed by atoms with E-state index < -0.39 is 23.5 Å². The second kappa shape index (κ2) is 8.95. The number of hydrogen-bond donors (Lipinski definition) is 1. The van der Waals surface area contributed by atoms with Crippen LogP contribution < -0.4 is 10.1 Å². The van der Waals surface area contributed by atoms with Gasteiger partial charge in [0.05, 0.1) is 5.92 Å². The number of hydrogen-bond acceptors (Lipinski definition) is 6. The highest BCUT2D eigenvalue weighted by atomic mass is 19.3. The van der Waals surface area contributed by atoms with Gasteiger partial charge in [-0.2, -0.15) is 0 Å². The highest BCUT2D eigenvalue weighted by molar-refractivity contribution is 5.99. The van der Waals surface area contributed by atoms with Crippen molar-refractivity contribution in [3.8, 4) is 5.75 Å². The van der Waals surface area contributed by atoms with Gasteiger partial charge in [-0.3, -0.25) is 14.7 Å². The molecule has 1 aromatic rings. The van der Waals surface area contributed by atoms with E-state index in [9.17, 15) is 18.4 Å². The quantitative estimate of drug-likeness (QED) is 0.709. The van der Waals surface area contributed by atoms with Crippen LogP contribution in [-0.2, 0) is 4.79 Å². The minimum Gasteiger partial charge on any atom is -0.410 e. The summed E-state index contributed by atoms with van der Waals surface area (Å²) in [5.41, 5.74) is 2.02. The van der Waals surface area contributed by atoms with Crippen molar-refractivity contribution in [3.05, 3.63) is 53.1 Å². The van der Waals surface area contributed by atoms with Crippen LogP contribution in [0.1, 0.15) is 30.9 Å². The van der Waals surface area contributed by atoms with Gasteiger partial charge in [0.25, 0.3) is 5.92 Å². The number of amides is 1. The standard InChI is InChI=1S/C26H30F2N4O3/c1-31(2)24(34)35-19-6-3-5-17(13-19)23-22-21(33)14-18(15-32-11-8-25(27,28)9-12-32)20-7-4-10-30-26(20,22)16-29-23/h3,5-7,10,13-14,22-23,29H,4,8-9,11-12,15-16H2,1-2H3. The maximum absolute atomic E-state index is 13.6. The van der Waals surface area contributed by atoms with Gasteiger partial charge in [0.1, 0.15) is 11.3 Å². The monoisotopic (exact) mass is 484 g/mol. The first-order chi connectivity index (χ1) is 16.7. The Morgan fingerprint density at radius 2 is 2.06 bits per heavy atom. The average Bonchev–Trinajstić information content (AvgIpc) is 3.20. The molecule has 1 spiro atoms. The van der Waals surface area contributed by atoms with Crippen LogP contribution in [0.15, 0.2) is 52.6 Å². The first-order valence-electron chi connectivity index (χ1n) is 12.0. The second-order valence-corrected chi connectivity index (χ2v) is 9.96. The van der Waals surface area contributed by atoms with Gasteiger partial charge in [0.2, 0.25) is 0 Å². The molecule has 0 bridgehead atoms. The number of halogens is 2. The Balaban J connectivity index is 1.42. The van der Waals surface area contributed by atoms with E-state index in [0.717, 1.165) is 16.7 Å². The molecule has 3 unspecified atom stereocenters. The molecule has 2 saturated heterocycles. The normalized spacial score (nSPS) is 29.7. The Bertz CT molecular complexity index is 1120. The SMILES string of the molecule is CN(C)C(=O)Oc1cccc(C2NCC34N=CCC=C3C(CN3CCC(F)(F)CC3)=CC(=O)C24)c1. The van der Waals surface area contributed by atoms with Crippen molar-refractivity contribution in [1.82, 2.24) is 15.1 Å². The third-order valence-electron chi connectivity index (χ3n) is 7.39. The number of ketones is 1. The minimum atomic E-state index is -2.61. The predicted molar refractivity (Wildman–Crippen MR) is 128 cm³/mol. The zero-order chi connectivity index (χ0) is 24.8. The number of carbonyl (C=O) groups excluding carboxylic acids is 2. The van der Waals surface area contributed by atoms with Gasteiger partial charge in [0.15, 0.2) is 5.78 Å². The summed E-state index contributed by atoms with van der Waals surface area (Å²) in [4.78, 5) is 33.8. The van der Waals surface area contributed by atoms with E-state index in [4.69, 9.17) is 9.73 Å². The van der Waals surface area contributed by atoms with Crippen molar-refractivity contribution < 1.29 is 23.1 Å². The van der Waals surface area contributed by atoms with E-state index in [1.54, 1.807) is 32.3 Å². The molecule has 0 saturated carbocycles. The largest absolute Gasteiger partial charge is 0.414 e. The maximum Gasteiger partial charge on any atom is 0.414 e. The van der Waals surface area contributed by atoms with Crippen LogP contribution in [0.4, 0.5) is 13.6 Å². The topological polar surface area (TPSA) is 74.2 Å². The van der Waals surface area contributed by atoms with Crippen molar-refractivity contribution >= 4 is 18.1 Å². The Kier molecular flexibility index (Phi) is 6.09. The lowest BCUT2D eigenvalue weighted by Gasteiger charge is -2.41. The number of carbonyl (C=O) groups is 2. The Hall–Kier alpha value is -2.91. The third kappa shape index (κ3) is 4.43. The van der Waals surface area contributed by atoms with Crippen molar-refractivity contribution in [2.24, 2.45) is 10.9 Å². The zero-order valence-corrected chi connectivity index (χ0v) is 20.0. The summed E-state index contributed by atoms with van der Waals surface area (Å²) in [6, 6.07) is 6.92. The van der Waals surface area contributed by atoms with Crippen molar-refractivity contribution in [3.63, 3.8) is 0 Å². The predicted octanol–water partition coefficient (Wildman–Crippen LogP) is 3.39. The van der Waals surface area contributed by atoms with Gasteiger partial charge in [0, 0.05) is 71.8 Å². The number of benzene rings is 1. The number of likely N-dealkylation sites (tertiary alicyclic amines) is 1. The number of alkyl halides is 2. The van der Waals surface area contributed by atoms with Gasteiger partial charge in [-0.05, 0) is 34.9 Å². The summed E-state index contributed by atoms with van der Waals surface area (Å²) >= 11 is 0. The van der Waals surface area contributed by atoms with Gasteiger partial charge < -0.3 is 15.0 Å². The fourth-order valence-corrected chi connectivity index (χ4v) is 5.62. The number of dihydropyridines is 1. The van der Waals surface area contributed by atoms with Gasteiger partial charge in [-0.1, -0.05) is 18.2 Å². The lowest BCUT2D eigenvalue weighted by Crippen LogP contribution is -2.48. The van der Waals surface area contributed by atoms with Gasteiger partial charge >= 0.3 is 6.09 Å². The maximum atomic E-state index is 13.6. The smallest absolute Gasteiger partial charge is 0.410 e. The van der Waals surface area contributed by atoms with E-state index in [1.807, 2.05) is 23.2 Å². The van der Waals surface area contributed by atoms with Gasteiger partial charge in [-0.15, -0.1) is 0 Å². The number of rotatable bonds is 4. The Morgan fingerprint density at radius 1 is 1.29 bits per heavy atom. The molecule has 9 heteroatoms. The van der Waals surface area contributed by atoms with Crippen molar-refractivity contribution in [2.75, 3.05) is 40.3 Å². The summed E-state index contributed by atoms with van der Waals surface area (Å²) in [7, 11) is 3.23. The molecule has 1 aromatic carbocycles. The second-order valence-electron chi connectivity index (χ2n) is 9.96. The summed E-state index contributed by atoms with van der Waals surface area (Å²) in [6.07, 6.45) is 5.56. The van der Waals surface area contributed by atoms with E-state index in [1.165, 1.54) is 4.90 Å². The number of nitrogens with zero attached hydrogens (tertiary/aromatic N) is 3. The molecule has 2 fully saturated rings. The number of allylic oxidation sites excluding steroid dienone is 2. The van der Waals surface area contributed by atoms with Crippen LogP contribution in [-0.4, -0.2) is 79.6 Å². The number of ether oxygens (including phenoxy) is 1. The summed E-state index contributed by atoms with van der Waals surface area (Å²) < 4.78 is 32.7. The van der Waals surface area contributed by atoms with Crippen LogP contribution in [0.2, 0.25) is 0 Å². The van der Waals surface area contributed by atoms with Gasteiger partial charge in [-0.25, -0.2) is 13.6 Å². The molecule has 1 N–H and O–H groups in total. The average molecular weight is 485 g/mol. The van der Waals surface area contributed by atoms with Crippen LogP contribution in [0, 0.1) is 5.92 Å². The molecular weight excluding hydrogens is 454 g/mol. The molecule has 3 atom stereocenters. The molecule has 186 valence electrons. The molecule has 0 aromatic heterocycles. The molecule has 5 rings (SSSR count). The minimum absolute atomic E-state index is 0.0239. The number of aliphatic imine (C=N–C) groups is 1. The van der Waals surface area contributed by atoms with E-state index in [2.05, 4.69) is 11.4 Å². The third-order valence-corrected chi connectivity index (χ3v) is 7.39. The molecule has 3 aliphatic heterocycles. The van der Waals surface area contributed by atoms with E-state index >= 15 is 0 Å². The highest BCUT2D eigenvalue weighted by Gasteiger charge is 2.57. The Labute approximate surface area is 203 Å². The van der Waals surface area contributed by atoms with Crippen LogP contribution >= 0.6 is 0 Å². The lowest BCUT2D eigenvalue weighted by molar-refractivity contribution is -0.120. The lowest BCUT2D eigenvalue weighted by atomic mass is 9.67. The molecule has 3 heterocycles. The molecule has 4 aliphatic rings. The first-order valence-corrected chi connectivity index (χ1v) is 12.0. The number of piperidine rings is 1. The van der Waals surface area contributed by atoms with Crippen LogP contribution in [0.5, 0.6) is 5.75 Å². The summed E-state index contributed by atoms with van der Waals surface area (Å²) in [6.45, 7) is 1.58. The molecule has 1 amide bonds. The highest BCUT2D eigenvalue weighted by Crippen LogP contribution is 2.50. The number of nitrogens with one attached hydrogen (secondary N) is 1. The Morgan fingerprint density at radius 3 is 2.80 bits per heavy atom. The van der Waals surface area contributed by atoms with E-state index in [0.29, 0.717) is 38.3 Å². The molecular formula is C26H30F2N4O3. The van der Waals surface area contributed by atoms with Crippen LogP contribution in [0.3, 0.4) is 0 Å².